The first-order valence-electron chi connectivity index (χ1n) is 5.50. The van der Waals surface area contributed by atoms with Crippen molar-refractivity contribution < 1.29 is 23.4 Å². The van der Waals surface area contributed by atoms with Crippen LogP contribution in [0.4, 0.5) is 0 Å². The van der Waals surface area contributed by atoms with E-state index in [2.05, 4.69) is 5.09 Å². The Morgan fingerprint density at radius 3 is 2.24 bits per heavy atom. The second kappa shape index (κ2) is 7.82. The van der Waals surface area contributed by atoms with Crippen LogP contribution in [0.5, 0.6) is 0 Å². The van der Waals surface area contributed by atoms with Crippen molar-refractivity contribution in [2.75, 3.05) is 20.0 Å². The van der Waals surface area contributed by atoms with Crippen LogP contribution in [0.25, 0.3) is 0 Å². The smallest absolute Gasteiger partial charge is 0.320 e. The van der Waals surface area contributed by atoms with Crippen LogP contribution < -0.4 is 5.09 Å². The summed E-state index contributed by atoms with van der Waals surface area (Å²) in [6.45, 7) is 6.85. The van der Waals surface area contributed by atoms with E-state index in [0.29, 0.717) is 0 Å². The van der Waals surface area contributed by atoms with Crippen molar-refractivity contribution >= 4 is 13.5 Å². The maximum atomic E-state index is 12.1. The molecule has 0 aliphatic heterocycles. The summed E-state index contributed by atoms with van der Waals surface area (Å²) in [5.41, 5.74) is 0. The van der Waals surface area contributed by atoms with Gasteiger partial charge in [0.2, 0.25) is 0 Å². The van der Waals surface area contributed by atoms with Crippen LogP contribution >= 0.6 is 7.52 Å². The van der Waals surface area contributed by atoms with E-state index >= 15 is 0 Å². The standard InChI is InChI=1S/C10H22NO5P/c1-8(2)15-10(12)6-11-17(13,7-14-5)16-9(3)4/h8-9H,6-7H2,1-5H3,(H,11,13). The van der Waals surface area contributed by atoms with E-state index in [-0.39, 0.29) is 25.1 Å². The lowest BCUT2D eigenvalue weighted by Gasteiger charge is -2.20. The summed E-state index contributed by atoms with van der Waals surface area (Å²) in [5, 5.41) is 2.57. The maximum absolute atomic E-state index is 12.1. The first-order valence-corrected chi connectivity index (χ1v) is 7.31. The Morgan fingerprint density at radius 2 is 1.82 bits per heavy atom. The Labute approximate surface area is 103 Å². The molecule has 102 valence electrons. The molecular weight excluding hydrogens is 245 g/mol. The molecule has 0 fully saturated rings. The number of methoxy groups -OCH3 is 1. The highest BCUT2D eigenvalue weighted by Gasteiger charge is 2.25. The minimum absolute atomic E-state index is 0.0832. The average molecular weight is 267 g/mol. The number of carbonyl (C=O) groups is 1. The van der Waals surface area contributed by atoms with Gasteiger partial charge in [-0.3, -0.25) is 9.36 Å². The first kappa shape index (κ1) is 16.6. The largest absolute Gasteiger partial charge is 0.462 e. The molecule has 0 aromatic carbocycles. The third-order valence-electron chi connectivity index (χ3n) is 1.51. The summed E-state index contributed by atoms with van der Waals surface area (Å²) < 4.78 is 27.1. The highest BCUT2D eigenvalue weighted by Crippen LogP contribution is 2.43. The molecule has 0 saturated carbocycles. The number of hydrogen-bond acceptors (Lipinski definition) is 5. The fraction of sp³-hybridized carbons (Fsp3) is 0.900. The zero-order valence-electron chi connectivity index (χ0n) is 11.1. The van der Waals surface area contributed by atoms with Crippen molar-refractivity contribution in [1.29, 1.82) is 0 Å². The highest BCUT2D eigenvalue weighted by molar-refractivity contribution is 7.56. The van der Waals surface area contributed by atoms with E-state index in [9.17, 15) is 9.36 Å². The second-order valence-corrected chi connectivity index (χ2v) is 6.25. The third kappa shape index (κ3) is 8.32. The number of rotatable bonds is 8. The van der Waals surface area contributed by atoms with Crippen molar-refractivity contribution in [2.45, 2.75) is 39.9 Å². The first-order chi connectivity index (χ1) is 7.79. The summed E-state index contributed by atoms with van der Waals surface area (Å²) in [6, 6.07) is 0. The van der Waals surface area contributed by atoms with Gasteiger partial charge in [0.25, 0.3) is 7.52 Å². The zero-order chi connectivity index (χ0) is 13.5. The van der Waals surface area contributed by atoms with Gasteiger partial charge in [-0.15, -0.1) is 0 Å². The number of ether oxygens (including phenoxy) is 2. The lowest BCUT2D eigenvalue weighted by Crippen LogP contribution is -2.27. The Bertz CT molecular complexity index is 280. The molecule has 0 rings (SSSR count). The summed E-state index contributed by atoms with van der Waals surface area (Å²) in [4.78, 5) is 11.3. The minimum atomic E-state index is -3.15. The fourth-order valence-electron chi connectivity index (χ4n) is 1.11. The molecule has 0 radical (unpaired) electrons. The molecule has 0 bridgehead atoms. The van der Waals surface area contributed by atoms with E-state index in [1.165, 1.54) is 7.11 Å². The molecule has 7 heteroatoms. The van der Waals surface area contributed by atoms with E-state index in [1.54, 1.807) is 27.7 Å². The molecule has 1 unspecified atom stereocenters. The Morgan fingerprint density at radius 1 is 1.24 bits per heavy atom. The normalized spacial score (nSPS) is 15.0. The van der Waals surface area contributed by atoms with Gasteiger partial charge in [0.05, 0.1) is 12.2 Å². The monoisotopic (exact) mass is 267 g/mol. The summed E-state index contributed by atoms with van der Waals surface area (Å²) in [6.07, 6.45) is -0.498. The van der Waals surface area contributed by atoms with Crippen LogP contribution in [0.3, 0.4) is 0 Å². The second-order valence-electron chi connectivity index (χ2n) is 4.12. The summed E-state index contributed by atoms with van der Waals surface area (Å²) >= 11 is 0. The molecule has 1 atom stereocenters. The van der Waals surface area contributed by atoms with Gasteiger partial charge in [0.1, 0.15) is 12.9 Å². The Kier molecular flexibility index (Phi) is 7.63. The lowest BCUT2D eigenvalue weighted by atomic mass is 10.5. The Hall–Kier alpha value is -0.420. The van der Waals surface area contributed by atoms with Crippen molar-refractivity contribution in [3.63, 3.8) is 0 Å². The molecule has 0 aromatic rings. The maximum Gasteiger partial charge on any atom is 0.320 e. The topological polar surface area (TPSA) is 73.9 Å². The number of nitrogens with one attached hydrogen (secondary N) is 1. The Balaban J connectivity index is 4.26. The van der Waals surface area contributed by atoms with Gasteiger partial charge in [-0.1, -0.05) is 0 Å². The molecule has 0 amide bonds. The lowest BCUT2D eigenvalue weighted by molar-refractivity contribution is -0.145. The van der Waals surface area contributed by atoms with Gasteiger partial charge in [0.15, 0.2) is 0 Å². The third-order valence-corrected chi connectivity index (χ3v) is 3.51. The van der Waals surface area contributed by atoms with Gasteiger partial charge in [-0.25, -0.2) is 5.09 Å². The molecule has 0 heterocycles. The highest BCUT2D eigenvalue weighted by atomic mass is 31.2. The van der Waals surface area contributed by atoms with E-state index in [0.717, 1.165) is 0 Å². The molecule has 0 aliphatic rings. The van der Waals surface area contributed by atoms with Gasteiger partial charge in [-0.05, 0) is 27.7 Å². The van der Waals surface area contributed by atoms with Gasteiger partial charge < -0.3 is 14.0 Å². The van der Waals surface area contributed by atoms with Gasteiger partial charge in [0, 0.05) is 7.11 Å². The van der Waals surface area contributed by atoms with Crippen molar-refractivity contribution in [1.82, 2.24) is 5.09 Å². The van der Waals surface area contributed by atoms with Crippen molar-refractivity contribution in [3.05, 3.63) is 0 Å². The van der Waals surface area contributed by atoms with Gasteiger partial charge in [-0.2, -0.15) is 0 Å². The van der Waals surface area contributed by atoms with Crippen molar-refractivity contribution in [3.8, 4) is 0 Å². The molecule has 0 aromatic heterocycles. The predicted octanol–water partition coefficient (Wildman–Crippen LogP) is 1.75. The molecule has 0 aliphatic carbocycles. The van der Waals surface area contributed by atoms with Crippen LogP contribution in [0.1, 0.15) is 27.7 Å². The number of carbonyl (C=O) groups excluding carboxylic acids is 1. The molecular formula is C10H22NO5P. The number of esters is 1. The van der Waals surface area contributed by atoms with Crippen LogP contribution in [0.15, 0.2) is 0 Å². The zero-order valence-corrected chi connectivity index (χ0v) is 12.0. The predicted molar refractivity (Wildman–Crippen MR) is 64.9 cm³/mol. The average Bonchev–Trinajstić information content (AvgIpc) is 2.13. The van der Waals surface area contributed by atoms with Crippen LogP contribution in [-0.2, 0) is 23.4 Å². The SMILES string of the molecule is COCP(=O)(NCC(=O)OC(C)C)OC(C)C. The fourth-order valence-corrected chi connectivity index (χ4v) is 2.73. The molecule has 0 spiro atoms. The summed E-state index contributed by atoms with van der Waals surface area (Å²) in [7, 11) is -1.72. The van der Waals surface area contributed by atoms with E-state index in [1.807, 2.05) is 0 Å². The van der Waals surface area contributed by atoms with Crippen LogP contribution in [0.2, 0.25) is 0 Å². The van der Waals surface area contributed by atoms with Crippen LogP contribution in [-0.4, -0.2) is 38.2 Å². The van der Waals surface area contributed by atoms with E-state index < -0.39 is 13.5 Å². The summed E-state index contributed by atoms with van der Waals surface area (Å²) in [5.74, 6) is -0.469. The van der Waals surface area contributed by atoms with Crippen molar-refractivity contribution in [2.24, 2.45) is 0 Å². The van der Waals surface area contributed by atoms with Crippen LogP contribution in [0, 0.1) is 0 Å². The molecule has 0 saturated heterocycles. The molecule has 17 heavy (non-hydrogen) atoms. The van der Waals surface area contributed by atoms with E-state index in [4.69, 9.17) is 14.0 Å². The molecule has 6 nitrogen and oxygen atoms in total. The molecule has 1 N–H and O–H groups in total. The van der Waals surface area contributed by atoms with Gasteiger partial charge >= 0.3 is 5.97 Å². The minimum Gasteiger partial charge on any atom is -0.462 e. The number of hydrogen-bond donors (Lipinski definition) is 1. The quantitative estimate of drug-likeness (QED) is 0.533.